The van der Waals surface area contributed by atoms with Crippen molar-refractivity contribution in [2.24, 2.45) is 0 Å². The van der Waals surface area contributed by atoms with Crippen LogP contribution in [0.15, 0.2) is 24.3 Å². The maximum atomic E-state index is 9.82. The van der Waals surface area contributed by atoms with E-state index in [1.165, 1.54) is 6.42 Å². The second-order valence-corrected chi connectivity index (χ2v) is 4.84. The summed E-state index contributed by atoms with van der Waals surface area (Å²) in [5.41, 5.74) is 1.10. The first-order valence-corrected chi connectivity index (χ1v) is 6.30. The molecule has 0 aromatic heterocycles. The molecule has 88 valence electrons. The molecule has 1 aliphatic carbocycles. The molecule has 0 radical (unpaired) electrons. The molecule has 0 aliphatic heterocycles. The first-order chi connectivity index (χ1) is 7.77. The molecule has 1 aliphatic rings. The molecule has 2 atom stereocenters. The molecule has 2 nitrogen and oxygen atoms in total. The number of hydrogen-bond donors (Lipinski definition) is 2. The molecule has 0 heterocycles. The quantitative estimate of drug-likeness (QED) is 0.850. The third kappa shape index (κ3) is 2.97. The fourth-order valence-electron chi connectivity index (χ4n) is 2.23. The molecule has 1 aromatic rings. The standard InChI is InChI=1S/C13H18ClNO/c14-11-6-2-1-5-10(11)9-15-12-7-3-4-8-13(12)16/h1-2,5-6,12-13,15-16H,3-4,7-9H2. The van der Waals surface area contributed by atoms with Gasteiger partial charge in [0.1, 0.15) is 0 Å². The van der Waals surface area contributed by atoms with Crippen molar-refractivity contribution in [1.82, 2.24) is 5.32 Å². The van der Waals surface area contributed by atoms with Crippen molar-refractivity contribution < 1.29 is 5.11 Å². The van der Waals surface area contributed by atoms with Crippen molar-refractivity contribution >= 4 is 11.6 Å². The van der Waals surface area contributed by atoms with Gasteiger partial charge in [-0.25, -0.2) is 0 Å². The third-order valence-corrected chi connectivity index (χ3v) is 3.61. The van der Waals surface area contributed by atoms with Gasteiger partial charge >= 0.3 is 0 Å². The Morgan fingerprint density at radius 2 is 2.00 bits per heavy atom. The average molecular weight is 240 g/mol. The molecule has 1 fully saturated rings. The van der Waals surface area contributed by atoms with E-state index in [4.69, 9.17) is 11.6 Å². The van der Waals surface area contributed by atoms with E-state index in [-0.39, 0.29) is 12.1 Å². The Bertz CT molecular complexity index is 342. The van der Waals surface area contributed by atoms with E-state index >= 15 is 0 Å². The summed E-state index contributed by atoms with van der Waals surface area (Å²) >= 11 is 6.08. The van der Waals surface area contributed by atoms with E-state index < -0.39 is 0 Å². The third-order valence-electron chi connectivity index (χ3n) is 3.24. The van der Waals surface area contributed by atoms with Crippen molar-refractivity contribution in [2.45, 2.75) is 44.4 Å². The lowest BCUT2D eigenvalue weighted by Crippen LogP contribution is -2.41. The van der Waals surface area contributed by atoms with Gasteiger partial charge in [-0.05, 0) is 24.5 Å². The van der Waals surface area contributed by atoms with Gasteiger partial charge in [-0.3, -0.25) is 0 Å². The van der Waals surface area contributed by atoms with Gasteiger partial charge in [-0.15, -0.1) is 0 Å². The summed E-state index contributed by atoms with van der Waals surface area (Å²) < 4.78 is 0. The van der Waals surface area contributed by atoms with Crippen LogP contribution in [0.2, 0.25) is 5.02 Å². The molecule has 0 bridgehead atoms. The number of aliphatic hydroxyl groups is 1. The monoisotopic (exact) mass is 239 g/mol. The normalized spacial score (nSPS) is 25.6. The smallest absolute Gasteiger partial charge is 0.0693 e. The summed E-state index contributed by atoms with van der Waals surface area (Å²) in [6, 6.07) is 8.06. The lowest BCUT2D eigenvalue weighted by molar-refractivity contribution is 0.0902. The number of aliphatic hydroxyl groups excluding tert-OH is 1. The van der Waals surface area contributed by atoms with Crippen molar-refractivity contribution in [1.29, 1.82) is 0 Å². The molecule has 1 aromatic carbocycles. The number of rotatable bonds is 3. The summed E-state index contributed by atoms with van der Waals surface area (Å²) in [5.74, 6) is 0. The van der Waals surface area contributed by atoms with E-state index in [1.54, 1.807) is 0 Å². The molecule has 0 saturated heterocycles. The Hall–Kier alpha value is -0.570. The Morgan fingerprint density at radius 3 is 2.75 bits per heavy atom. The fourth-order valence-corrected chi connectivity index (χ4v) is 2.43. The minimum Gasteiger partial charge on any atom is -0.392 e. The molecular formula is C13H18ClNO. The predicted molar refractivity (Wildman–Crippen MR) is 66.6 cm³/mol. The summed E-state index contributed by atoms with van der Waals surface area (Å²) in [6.45, 7) is 0.738. The first-order valence-electron chi connectivity index (χ1n) is 5.92. The van der Waals surface area contributed by atoms with E-state index in [0.717, 1.165) is 36.4 Å². The van der Waals surface area contributed by atoms with Gasteiger partial charge in [0.05, 0.1) is 6.10 Å². The van der Waals surface area contributed by atoms with E-state index in [9.17, 15) is 5.11 Å². The molecular weight excluding hydrogens is 222 g/mol. The minimum absolute atomic E-state index is 0.198. The highest BCUT2D eigenvalue weighted by Gasteiger charge is 2.22. The second kappa shape index (κ2) is 5.67. The SMILES string of the molecule is OC1CCCCC1NCc1ccccc1Cl. The highest BCUT2D eigenvalue weighted by Crippen LogP contribution is 2.20. The number of hydrogen-bond acceptors (Lipinski definition) is 2. The Kier molecular flexibility index (Phi) is 4.22. The number of benzene rings is 1. The maximum Gasteiger partial charge on any atom is 0.0693 e. The van der Waals surface area contributed by atoms with Gasteiger partial charge in [0.25, 0.3) is 0 Å². The van der Waals surface area contributed by atoms with Crippen molar-refractivity contribution in [2.75, 3.05) is 0 Å². The zero-order chi connectivity index (χ0) is 11.4. The van der Waals surface area contributed by atoms with Crippen molar-refractivity contribution in [3.63, 3.8) is 0 Å². The second-order valence-electron chi connectivity index (χ2n) is 4.43. The van der Waals surface area contributed by atoms with Gasteiger partial charge in [0.15, 0.2) is 0 Å². The van der Waals surface area contributed by atoms with Crippen LogP contribution in [0, 0.1) is 0 Å². The van der Waals surface area contributed by atoms with Gasteiger partial charge in [-0.2, -0.15) is 0 Å². The first kappa shape index (κ1) is 11.9. The number of nitrogens with one attached hydrogen (secondary N) is 1. The molecule has 2 rings (SSSR count). The van der Waals surface area contributed by atoms with Gasteiger partial charge < -0.3 is 10.4 Å². The van der Waals surface area contributed by atoms with Crippen LogP contribution in [-0.4, -0.2) is 17.3 Å². The summed E-state index contributed by atoms with van der Waals surface area (Å²) in [4.78, 5) is 0. The summed E-state index contributed by atoms with van der Waals surface area (Å²) in [5, 5.41) is 14.0. The van der Waals surface area contributed by atoms with Gasteiger partial charge in [0.2, 0.25) is 0 Å². The molecule has 0 spiro atoms. The van der Waals surface area contributed by atoms with E-state index in [0.29, 0.717) is 0 Å². The van der Waals surface area contributed by atoms with Crippen LogP contribution < -0.4 is 5.32 Å². The van der Waals surface area contributed by atoms with Crippen LogP contribution in [0.3, 0.4) is 0 Å². The van der Waals surface area contributed by atoms with Crippen LogP contribution in [0.1, 0.15) is 31.2 Å². The number of halogens is 1. The summed E-state index contributed by atoms with van der Waals surface area (Å²) in [7, 11) is 0. The van der Waals surface area contributed by atoms with Crippen LogP contribution in [0.4, 0.5) is 0 Å². The topological polar surface area (TPSA) is 32.3 Å². The Morgan fingerprint density at radius 1 is 1.25 bits per heavy atom. The van der Waals surface area contributed by atoms with Crippen LogP contribution in [0.5, 0.6) is 0 Å². The molecule has 3 heteroatoms. The molecule has 2 unspecified atom stereocenters. The van der Waals surface area contributed by atoms with Gasteiger partial charge in [-0.1, -0.05) is 42.6 Å². The highest BCUT2D eigenvalue weighted by atomic mass is 35.5. The van der Waals surface area contributed by atoms with E-state index in [1.807, 2.05) is 24.3 Å². The minimum atomic E-state index is -0.198. The molecule has 16 heavy (non-hydrogen) atoms. The van der Waals surface area contributed by atoms with Crippen LogP contribution in [0.25, 0.3) is 0 Å². The Balaban J connectivity index is 1.89. The van der Waals surface area contributed by atoms with Crippen molar-refractivity contribution in [3.05, 3.63) is 34.9 Å². The lowest BCUT2D eigenvalue weighted by Gasteiger charge is -2.28. The zero-order valence-electron chi connectivity index (χ0n) is 9.32. The lowest BCUT2D eigenvalue weighted by atomic mass is 9.92. The predicted octanol–water partition coefficient (Wildman–Crippen LogP) is 2.73. The van der Waals surface area contributed by atoms with Crippen molar-refractivity contribution in [3.8, 4) is 0 Å². The highest BCUT2D eigenvalue weighted by molar-refractivity contribution is 6.31. The zero-order valence-corrected chi connectivity index (χ0v) is 10.1. The Labute approximate surface area is 102 Å². The fraction of sp³-hybridized carbons (Fsp3) is 0.538. The summed E-state index contributed by atoms with van der Waals surface area (Å²) in [6.07, 6.45) is 4.13. The van der Waals surface area contributed by atoms with E-state index in [2.05, 4.69) is 5.32 Å². The molecule has 2 N–H and O–H groups in total. The van der Waals surface area contributed by atoms with Crippen LogP contribution >= 0.6 is 11.6 Å². The molecule has 0 amide bonds. The largest absolute Gasteiger partial charge is 0.392 e. The van der Waals surface area contributed by atoms with Crippen LogP contribution in [-0.2, 0) is 6.54 Å². The maximum absolute atomic E-state index is 9.82. The van der Waals surface area contributed by atoms with Gasteiger partial charge in [0, 0.05) is 17.6 Å². The average Bonchev–Trinajstić information content (AvgIpc) is 2.30. The molecule has 1 saturated carbocycles.